The number of nitrogens with one attached hydrogen (secondary N) is 1. The van der Waals surface area contributed by atoms with Crippen LogP contribution in [0, 0.1) is 13.8 Å². The highest BCUT2D eigenvalue weighted by Crippen LogP contribution is 2.24. The van der Waals surface area contributed by atoms with Crippen LogP contribution in [0.5, 0.6) is 0 Å². The zero-order valence-electron chi connectivity index (χ0n) is 19.8. The number of aryl methyl sites for hydroxylation is 2. The lowest BCUT2D eigenvalue weighted by Gasteiger charge is -2.31. The van der Waals surface area contributed by atoms with Gasteiger partial charge in [0.25, 0.3) is 0 Å². The summed E-state index contributed by atoms with van der Waals surface area (Å²) in [4.78, 5) is 30.9. The van der Waals surface area contributed by atoms with Crippen molar-refractivity contribution in [1.82, 2.24) is 24.8 Å². The van der Waals surface area contributed by atoms with Crippen LogP contribution in [0.3, 0.4) is 0 Å². The molecule has 0 unspecified atom stereocenters. The molecular weight excluding hydrogens is 454 g/mol. The number of ether oxygens (including phenoxy) is 1. The SMILES string of the molecule is CCOC(=O)N1CCC(NC(=O)CCc2c(C)nc3cc(-c4ccc(Cl)cc4)nn3c2C)CC1. The summed E-state index contributed by atoms with van der Waals surface area (Å²) in [5, 5.41) is 8.54. The van der Waals surface area contributed by atoms with Crippen LogP contribution in [0.2, 0.25) is 5.02 Å². The van der Waals surface area contributed by atoms with Gasteiger partial charge in [-0.1, -0.05) is 23.7 Å². The molecule has 9 heteroatoms. The second-order valence-corrected chi connectivity index (χ2v) is 9.03. The minimum absolute atomic E-state index is 0.0100. The minimum atomic E-state index is -0.279. The zero-order valence-corrected chi connectivity index (χ0v) is 20.6. The van der Waals surface area contributed by atoms with Crippen molar-refractivity contribution in [3.8, 4) is 11.3 Å². The van der Waals surface area contributed by atoms with Crippen LogP contribution >= 0.6 is 11.6 Å². The predicted molar refractivity (Wildman–Crippen MR) is 131 cm³/mol. The van der Waals surface area contributed by atoms with Crippen molar-refractivity contribution in [2.24, 2.45) is 0 Å². The number of aromatic nitrogens is 3. The van der Waals surface area contributed by atoms with Gasteiger partial charge in [-0.05, 0) is 57.7 Å². The number of carbonyl (C=O) groups excluding carboxylic acids is 2. The van der Waals surface area contributed by atoms with E-state index in [0.29, 0.717) is 37.6 Å². The molecule has 2 amide bonds. The maximum Gasteiger partial charge on any atom is 0.409 e. The molecule has 4 rings (SSSR count). The van der Waals surface area contributed by atoms with Crippen LogP contribution in [-0.2, 0) is 16.0 Å². The van der Waals surface area contributed by atoms with E-state index in [0.717, 1.165) is 46.7 Å². The molecule has 0 spiro atoms. The summed E-state index contributed by atoms with van der Waals surface area (Å²) in [7, 11) is 0. The van der Waals surface area contributed by atoms with Gasteiger partial charge in [-0.15, -0.1) is 0 Å². The maximum absolute atomic E-state index is 12.6. The molecule has 3 heterocycles. The Morgan fingerprint density at radius 3 is 2.56 bits per heavy atom. The Balaban J connectivity index is 1.38. The third kappa shape index (κ3) is 5.33. The number of rotatable bonds is 6. The lowest BCUT2D eigenvalue weighted by atomic mass is 10.0. The molecule has 2 aromatic heterocycles. The highest BCUT2D eigenvalue weighted by atomic mass is 35.5. The van der Waals surface area contributed by atoms with Crippen molar-refractivity contribution < 1.29 is 14.3 Å². The van der Waals surface area contributed by atoms with Crippen molar-refractivity contribution in [3.05, 3.63) is 52.3 Å². The van der Waals surface area contributed by atoms with Gasteiger partial charge in [-0.2, -0.15) is 5.10 Å². The number of halogens is 1. The number of nitrogens with zero attached hydrogens (tertiary/aromatic N) is 4. The van der Waals surface area contributed by atoms with Gasteiger partial charge >= 0.3 is 6.09 Å². The van der Waals surface area contributed by atoms with E-state index in [9.17, 15) is 9.59 Å². The van der Waals surface area contributed by atoms with Crippen molar-refractivity contribution in [1.29, 1.82) is 0 Å². The van der Waals surface area contributed by atoms with Crippen LogP contribution in [0.1, 0.15) is 43.1 Å². The number of amides is 2. The summed E-state index contributed by atoms with van der Waals surface area (Å²) in [5.41, 5.74) is 5.51. The fourth-order valence-electron chi connectivity index (χ4n) is 4.41. The molecule has 1 aliphatic rings. The van der Waals surface area contributed by atoms with Crippen molar-refractivity contribution in [3.63, 3.8) is 0 Å². The Morgan fingerprint density at radius 2 is 1.88 bits per heavy atom. The molecule has 8 nitrogen and oxygen atoms in total. The van der Waals surface area contributed by atoms with Gasteiger partial charge in [-0.25, -0.2) is 14.3 Å². The summed E-state index contributed by atoms with van der Waals surface area (Å²) in [6.07, 6.45) is 2.15. The quantitative estimate of drug-likeness (QED) is 0.563. The van der Waals surface area contributed by atoms with E-state index in [2.05, 4.69) is 5.32 Å². The highest BCUT2D eigenvalue weighted by Gasteiger charge is 2.24. The molecular formula is C25H30ClN5O3. The Kier molecular flexibility index (Phi) is 7.36. The second-order valence-electron chi connectivity index (χ2n) is 8.60. The molecule has 0 aliphatic carbocycles. The third-order valence-electron chi connectivity index (χ3n) is 6.29. The summed E-state index contributed by atoms with van der Waals surface area (Å²) in [6, 6.07) is 9.61. The zero-order chi connectivity index (χ0) is 24.2. The van der Waals surface area contributed by atoms with E-state index >= 15 is 0 Å². The number of carbonyl (C=O) groups is 2. The summed E-state index contributed by atoms with van der Waals surface area (Å²) in [6.45, 7) is 7.34. The van der Waals surface area contributed by atoms with Gasteiger partial charge in [0.1, 0.15) is 0 Å². The average Bonchev–Trinajstić information content (AvgIpc) is 3.24. The van der Waals surface area contributed by atoms with Gasteiger partial charge in [-0.3, -0.25) is 4.79 Å². The Bertz CT molecular complexity index is 1180. The molecule has 0 radical (unpaired) electrons. The van der Waals surface area contributed by atoms with E-state index in [1.165, 1.54) is 0 Å². The summed E-state index contributed by atoms with van der Waals surface area (Å²) < 4.78 is 6.89. The molecule has 0 atom stereocenters. The van der Waals surface area contributed by atoms with Gasteiger partial charge in [0.05, 0.1) is 12.3 Å². The number of likely N-dealkylation sites (tertiary alicyclic amines) is 1. The molecule has 3 aromatic rings. The molecule has 1 aromatic carbocycles. The monoisotopic (exact) mass is 483 g/mol. The lowest BCUT2D eigenvalue weighted by Crippen LogP contribution is -2.46. The fourth-order valence-corrected chi connectivity index (χ4v) is 4.54. The fraction of sp³-hybridized carbons (Fsp3) is 0.440. The first-order chi connectivity index (χ1) is 16.4. The number of piperidine rings is 1. The van der Waals surface area contributed by atoms with E-state index < -0.39 is 0 Å². The van der Waals surface area contributed by atoms with Crippen molar-refractivity contribution in [2.75, 3.05) is 19.7 Å². The Labute approximate surface area is 204 Å². The molecule has 1 saturated heterocycles. The van der Waals surface area contributed by atoms with Crippen molar-refractivity contribution in [2.45, 2.75) is 52.5 Å². The first-order valence-electron chi connectivity index (χ1n) is 11.7. The molecule has 1 N–H and O–H groups in total. The van der Waals surface area contributed by atoms with E-state index in [1.807, 2.05) is 48.7 Å². The molecule has 1 aliphatic heterocycles. The molecule has 180 valence electrons. The first-order valence-corrected chi connectivity index (χ1v) is 12.1. The van der Waals surface area contributed by atoms with Crippen molar-refractivity contribution >= 4 is 29.2 Å². The second kappa shape index (κ2) is 10.4. The van der Waals surface area contributed by atoms with Crippen LogP contribution in [0.4, 0.5) is 4.79 Å². The Hall–Kier alpha value is -3.13. The molecule has 0 saturated carbocycles. The van der Waals surface area contributed by atoms with Gasteiger partial charge in [0.15, 0.2) is 5.65 Å². The molecule has 0 bridgehead atoms. The summed E-state index contributed by atoms with van der Waals surface area (Å²) >= 11 is 6.01. The van der Waals surface area contributed by atoms with Crippen LogP contribution in [-0.4, -0.2) is 57.2 Å². The van der Waals surface area contributed by atoms with Crippen LogP contribution in [0.25, 0.3) is 16.9 Å². The molecule has 34 heavy (non-hydrogen) atoms. The van der Waals surface area contributed by atoms with Gasteiger partial charge in [0.2, 0.25) is 5.91 Å². The normalized spacial score (nSPS) is 14.4. The van der Waals surface area contributed by atoms with Crippen LogP contribution < -0.4 is 5.32 Å². The Morgan fingerprint density at radius 1 is 1.18 bits per heavy atom. The third-order valence-corrected chi connectivity index (χ3v) is 6.54. The largest absolute Gasteiger partial charge is 0.450 e. The summed E-state index contributed by atoms with van der Waals surface area (Å²) in [5.74, 6) is 0.0100. The van der Waals surface area contributed by atoms with Crippen LogP contribution in [0.15, 0.2) is 30.3 Å². The predicted octanol–water partition coefficient (Wildman–Crippen LogP) is 4.34. The van der Waals surface area contributed by atoms with Gasteiger partial charge in [0, 0.05) is 53.6 Å². The van der Waals surface area contributed by atoms with Gasteiger partial charge < -0.3 is 15.0 Å². The first kappa shape index (κ1) is 24.0. The number of benzene rings is 1. The average molecular weight is 484 g/mol. The standard InChI is InChI=1S/C25H30ClN5O3/c1-4-34-25(33)30-13-11-20(12-14-30)28-24(32)10-9-21-16(2)27-23-15-22(29-31(23)17(21)3)18-5-7-19(26)8-6-18/h5-8,15,20H,4,9-14H2,1-3H3,(H,28,32). The minimum Gasteiger partial charge on any atom is -0.450 e. The van der Waals surface area contributed by atoms with E-state index in [1.54, 1.807) is 11.8 Å². The number of fused-ring (bicyclic) bond motifs is 1. The highest BCUT2D eigenvalue weighted by molar-refractivity contribution is 6.30. The van der Waals surface area contributed by atoms with E-state index in [4.69, 9.17) is 26.4 Å². The lowest BCUT2D eigenvalue weighted by molar-refractivity contribution is -0.122. The molecule has 1 fully saturated rings. The van der Waals surface area contributed by atoms with E-state index in [-0.39, 0.29) is 18.0 Å². The topological polar surface area (TPSA) is 88.8 Å². The number of hydrogen-bond donors (Lipinski definition) is 1. The smallest absolute Gasteiger partial charge is 0.409 e. The maximum atomic E-state index is 12.6. The number of hydrogen-bond acceptors (Lipinski definition) is 5.